The van der Waals surface area contributed by atoms with Gasteiger partial charge < -0.3 is 4.74 Å². The summed E-state index contributed by atoms with van der Waals surface area (Å²) in [6.45, 7) is 2.38. The molecule has 0 aliphatic carbocycles. The molecule has 0 saturated carbocycles. The second-order valence-corrected chi connectivity index (χ2v) is 4.02. The molecular weight excluding hydrogens is 238 g/mol. The van der Waals surface area contributed by atoms with E-state index in [1.165, 1.54) is 0 Å². The number of aryl methyl sites for hydroxylation is 1. The van der Waals surface area contributed by atoms with Crippen molar-refractivity contribution in [3.8, 4) is 11.4 Å². The van der Waals surface area contributed by atoms with Crippen molar-refractivity contribution in [1.82, 2.24) is 15.0 Å². The Morgan fingerprint density at radius 3 is 2.88 bits per heavy atom. The molecular formula is C12H12ClN3O. The summed E-state index contributed by atoms with van der Waals surface area (Å²) in [5.41, 5.74) is 2.71. The highest BCUT2D eigenvalue weighted by Gasteiger charge is 2.08. The van der Waals surface area contributed by atoms with Crippen LogP contribution in [0.5, 0.6) is 0 Å². The highest BCUT2D eigenvalue weighted by atomic mass is 35.5. The van der Waals surface area contributed by atoms with E-state index in [1.807, 2.05) is 13.0 Å². The minimum absolute atomic E-state index is 0.415. The standard InChI is InChI=1S/C12H12ClN3O/c1-8-6-14-4-3-10(8)12-15-9(7-17-2)5-11(13)16-12/h3-6H,7H2,1-2H3. The molecule has 0 bridgehead atoms. The number of aromatic nitrogens is 3. The zero-order valence-corrected chi connectivity index (χ0v) is 10.4. The van der Waals surface area contributed by atoms with Crippen LogP contribution < -0.4 is 0 Å². The van der Waals surface area contributed by atoms with Gasteiger partial charge in [0.25, 0.3) is 0 Å². The maximum atomic E-state index is 5.97. The summed E-state index contributed by atoms with van der Waals surface area (Å²) in [4.78, 5) is 12.7. The van der Waals surface area contributed by atoms with E-state index in [9.17, 15) is 0 Å². The number of hydrogen-bond acceptors (Lipinski definition) is 4. The van der Waals surface area contributed by atoms with Crippen molar-refractivity contribution in [1.29, 1.82) is 0 Å². The average Bonchev–Trinajstić information content (AvgIpc) is 2.29. The van der Waals surface area contributed by atoms with E-state index in [0.29, 0.717) is 17.6 Å². The molecule has 2 rings (SSSR count). The normalized spacial score (nSPS) is 10.5. The van der Waals surface area contributed by atoms with Crippen molar-refractivity contribution in [2.45, 2.75) is 13.5 Å². The highest BCUT2D eigenvalue weighted by Crippen LogP contribution is 2.20. The molecule has 2 aromatic heterocycles. The quantitative estimate of drug-likeness (QED) is 0.785. The van der Waals surface area contributed by atoms with E-state index in [4.69, 9.17) is 16.3 Å². The van der Waals surface area contributed by atoms with Crippen molar-refractivity contribution in [3.63, 3.8) is 0 Å². The molecule has 0 aliphatic rings. The topological polar surface area (TPSA) is 47.9 Å². The number of nitrogens with zero attached hydrogens (tertiary/aromatic N) is 3. The SMILES string of the molecule is COCc1cc(Cl)nc(-c2ccncc2C)n1. The minimum Gasteiger partial charge on any atom is -0.378 e. The maximum absolute atomic E-state index is 5.97. The molecule has 17 heavy (non-hydrogen) atoms. The first kappa shape index (κ1) is 12.0. The van der Waals surface area contributed by atoms with Gasteiger partial charge in [-0.15, -0.1) is 0 Å². The van der Waals surface area contributed by atoms with Gasteiger partial charge in [0.2, 0.25) is 0 Å². The van der Waals surface area contributed by atoms with Crippen LogP contribution in [0.2, 0.25) is 5.15 Å². The molecule has 0 unspecified atom stereocenters. The van der Waals surface area contributed by atoms with Gasteiger partial charge in [0.15, 0.2) is 5.82 Å². The summed E-state index contributed by atoms with van der Waals surface area (Å²) in [6, 6.07) is 3.57. The van der Waals surface area contributed by atoms with Gasteiger partial charge in [-0.25, -0.2) is 9.97 Å². The van der Waals surface area contributed by atoms with Crippen LogP contribution in [-0.4, -0.2) is 22.1 Å². The molecule has 4 nitrogen and oxygen atoms in total. The van der Waals surface area contributed by atoms with E-state index in [1.54, 1.807) is 25.6 Å². The van der Waals surface area contributed by atoms with E-state index >= 15 is 0 Å². The second kappa shape index (κ2) is 5.21. The Morgan fingerprint density at radius 2 is 2.18 bits per heavy atom. The zero-order chi connectivity index (χ0) is 12.3. The van der Waals surface area contributed by atoms with E-state index in [2.05, 4.69) is 15.0 Å². The Labute approximate surface area is 105 Å². The molecule has 0 fully saturated rings. The lowest BCUT2D eigenvalue weighted by Crippen LogP contribution is -1.98. The molecule has 2 aromatic rings. The van der Waals surface area contributed by atoms with Gasteiger partial charge in [-0.3, -0.25) is 4.98 Å². The van der Waals surface area contributed by atoms with Crippen LogP contribution >= 0.6 is 11.6 Å². The fourth-order valence-corrected chi connectivity index (χ4v) is 1.74. The summed E-state index contributed by atoms with van der Waals surface area (Å²) in [7, 11) is 1.62. The fraction of sp³-hybridized carbons (Fsp3) is 0.250. The molecule has 0 amide bonds. The predicted octanol–water partition coefficient (Wildman–Crippen LogP) is 2.65. The number of ether oxygens (including phenoxy) is 1. The van der Waals surface area contributed by atoms with Crippen molar-refractivity contribution in [2.24, 2.45) is 0 Å². The van der Waals surface area contributed by atoms with Crippen LogP contribution in [0.4, 0.5) is 0 Å². The highest BCUT2D eigenvalue weighted by molar-refractivity contribution is 6.29. The van der Waals surface area contributed by atoms with Crippen molar-refractivity contribution in [2.75, 3.05) is 7.11 Å². The number of methoxy groups -OCH3 is 1. The summed E-state index contributed by atoms with van der Waals surface area (Å²) < 4.78 is 5.04. The Bertz CT molecular complexity index is 531. The average molecular weight is 250 g/mol. The lowest BCUT2D eigenvalue weighted by Gasteiger charge is -2.06. The number of hydrogen-bond donors (Lipinski definition) is 0. The molecule has 0 N–H and O–H groups in total. The van der Waals surface area contributed by atoms with Crippen LogP contribution in [0, 0.1) is 6.92 Å². The molecule has 0 aromatic carbocycles. The molecule has 88 valence electrons. The number of pyridine rings is 1. The Kier molecular flexibility index (Phi) is 3.66. The van der Waals surface area contributed by atoms with E-state index in [0.717, 1.165) is 16.8 Å². The van der Waals surface area contributed by atoms with Crippen LogP contribution in [-0.2, 0) is 11.3 Å². The van der Waals surface area contributed by atoms with Crippen molar-refractivity contribution >= 4 is 11.6 Å². The summed E-state index contributed by atoms with van der Waals surface area (Å²) in [5, 5.41) is 0.415. The van der Waals surface area contributed by atoms with E-state index < -0.39 is 0 Å². The molecule has 2 heterocycles. The van der Waals surface area contributed by atoms with Gasteiger partial charge in [0, 0.05) is 25.1 Å². The molecule has 5 heteroatoms. The summed E-state index contributed by atoms with van der Waals surface area (Å²) in [5.74, 6) is 0.601. The smallest absolute Gasteiger partial charge is 0.161 e. The first-order chi connectivity index (χ1) is 8.20. The third-order valence-corrected chi connectivity index (χ3v) is 2.49. The molecule has 0 atom stereocenters. The Balaban J connectivity index is 2.48. The van der Waals surface area contributed by atoms with Gasteiger partial charge in [0.05, 0.1) is 12.3 Å². The minimum atomic E-state index is 0.415. The molecule has 0 spiro atoms. The maximum Gasteiger partial charge on any atom is 0.161 e. The first-order valence-electron chi connectivity index (χ1n) is 5.14. The lowest BCUT2D eigenvalue weighted by molar-refractivity contribution is 0.181. The first-order valence-corrected chi connectivity index (χ1v) is 5.52. The van der Waals surface area contributed by atoms with Crippen LogP contribution in [0.1, 0.15) is 11.3 Å². The summed E-state index contributed by atoms with van der Waals surface area (Å²) in [6.07, 6.45) is 3.48. The number of halogens is 1. The van der Waals surface area contributed by atoms with Crippen LogP contribution in [0.25, 0.3) is 11.4 Å². The molecule has 0 saturated heterocycles. The van der Waals surface area contributed by atoms with Crippen molar-refractivity contribution < 1.29 is 4.74 Å². The Hall–Kier alpha value is -1.52. The monoisotopic (exact) mass is 249 g/mol. The van der Waals surface area contributed by atoms with Gasteiger partial charge in [0.1, 0.15) is 5.15 Å². The zero-order valence-electron chi connectivity index (χ0n) is 9.64. The van der Waals surface area contributed by atoms with Gasteiger partial charge >= 0.3 is 0 Å². The second-order valence-electron chi connectivity index (χ2n) is 3.63. The molecule has 0 aliphatic heterocycles. The van der Waals surface area contributed by atoms with E-state index in [-0.39, 0.29) is 0 Å². The Morgan fingerprint density at radius 1 is 1.35 bits per heavy atom. The largest absolute Gasteiger partial charge is 0.378 e. The summed E-state index contributed by atoms with van der Waals surface area (Å²) >= 11 is 5.97. The van der Waals surface area contributed by atoms with Crippen LogP contribution in [0.3, 0.4) is 0 Å². The van der Waals surface area contributed by atoms with Gasteiger partial charge in [-0.05, 0) is 24.6 Å². The third kappa shape index (κ3) is 2.78. The number of rotatable bonds is 3. The predicted molar refractivity (Wildman–Crippen MR) is 65.7 cm³/mol. The fourth-order valence-electron chi connectivity index (χ4n) is 1.53. The van der Waals surface area contributed by atoms with Gasteiger partial charge in [-0.2, -0.15) is 0 Å². The lowest BCUT2D eigenvalue weighted by atomic mass is 10.1. The third-order valence-electron chi connectivity index (χ3n) is 2.30. The van der Waals surface area contributed by atoms with Crippen LogP contribution in [0.15, 0.2) is 24.5 Å². The van der Waals surface area contributed by atoms with Crippen molar-refractivity contribution in [3.05, 3.63) is 40.9 Å². The molecule has 0 radical (unpaired) electrons. The van der Waals surface area contributed by atoms with Gasteiger partial charge in [-0.1, -0.05) is 11.6 Å².